The van der Waals surface area contributed by atoms with E-state index in [1.54, 1.807) is 6.20 Å². The first kappa shape index (κ1) is 16.2. The number of carbonyl (C=O) groups excluding carboxylic acids is 2. The van der Waals surface area contributed by atoms with Crippen molar-refractivity contribution < 1.29 is 9.59 Å². The Morgan fingerprint density at radius 2 is 2.17 bits per heavy atom. The SMILES string of the molecule is Cc1n[nH]c(C)c1CCNC(=O)Cn1cc(NC(=O)C2CC2)nn1. The zero-order chi connectivity index (χ0) is 17.1. The van der Waals surface area contributed by atoms with Crippen LogP contribution in [0.4, 0.5) is 5.82 Å². The molecule has 2 aromatic rings. The van der Waals surface area contributed by atoms with E-state index in [1.807, 2.05) is 13.8 Å². The fourth-order valence-electron chi connectivity index (χ4n) is 2.48. The van der Waals surface area contributed by atoms with E-state index in [-0.39, 0.29) is 24.3 Å². The molecule has 24 heavy (non-hydrogen) atoms. The molecule has 2 amide bonds. The lowest BCUT2D eigenvalue weighted by molar-refractivity contribution is -0.121. The Bertz CT molecular complexity index is 725. The molecule has 1 aliphatic carbocycles. The van der Waals surface area contributed by atoms with Gasteiger partial charge >= 0.3 is 0 Å². The lowest BCUT2D eigenvalue weighted by Gasteiger charge is -2.05. The van der Waals surface area contributed by atoms with E-state index >= 15 is 0 Å². The fourth-order valence-corrected chi connectivity index (χ4v) is 2.48. The van der Waals surface area contributed by atoms with Crippen LogP contribution < -0.4 is 10.6 Å². The molecular formula is C15H21N7O2. The molecule has 1 aliphatic rings. The molecule has 0 bridgehead atoms. The summed E-state index contributed by atoms with van der Waals surface area (Å²) in [6, 6.07) is 0. The quantitative estimate of drug-likeness (QED) is 0.675. The molecule has 9 nitrogen and oxygen atoms in total. The number of aryl methyl sites for hydroxylation is 2. The van der Waals surface area contributed by atoms with E-state index in [1.165, 1.54) is 4.68 Å². The minimum Gasteiger partial charge on any atom is -0.354 e. The number of amides is 2. The molecule has 0 aromatic carbocycles. The third-order valence-electron chi connectivity index (χ3n) is 4.02. The average molecular weight is 331 g/mol. The standard InChI is InChI=1S/C15H21N7O2/c1-9-12(10(2)19-18-9)5-6-16-14(23)8-22-7-13(20-21-22)17-15(24)11-3-4-11/h7,11H,3-6,8H2,1-2H3,(H,16,23)(H,17,24)(H,18,19). The van der Waals surface area contributed by atoms with Gasteiger partial charge in [-0.25, -0.2) is 4.68 Å². The molecule has 0 saturated heterocycles. The van der Waals surface area contributed by atoms with Gasteiger partial charge in [-0.05, 0) is 38.7 Å². The van der Waals surface area contributed by atoms with Crippen molar-refractivity contribution in [2.45, 2.75) is 39.7 Å². The molecule has 0 spiro atoms. The van der Waals surface area contributed by atoms with Crippen LogP contribution in [0, 0.1) is 19.8 Å². The molecule has 2 heterocycles. The summed E-state index contributed by atoms with van der Waals surface area (Å²) >= 11 is 0. The van der Waals surface area contributed by atoms with Gasteiger partial charge in [0, 0.05) is 18.2 Å². The van der Waals surface area contributed by atoms with Gasteiger partial charge in [-0.1, -0.05) is 5.21 Å². The highest BCUT2D eigenvalue weighted by Crippen LogP contribution is 2.29. The van der Waals surface area contributed by atoms with Crippen molar-refractivity contribution in [2.24, 2.45) is 5.92 Å². The van der Waals surface area contributed by atoms with Crippen LogP contribution in [-0.4, -0.2) is 43.6 Å². The number of H-pyrrole nitrogens is 1. The second kappa shape index (κ2) is 6.81. The van der Waals surface area contributed by atoms with Crippen molar-refractivity contribution in [2.75, 3.05) is 11.9 Å². The number of aromatic amines is 1. The molecule has 3 rings (SSSR count). The number of hydrogen-bond donors (Lipinski definition) is 3. The van der Waals surface area contributed by atoms with Crippen LogP contribution in [-0.2, 0) is 22.6 Å². The Balaban J connectivity index is 1.43. The van der Waals surface area contributed by atoms with E-state index in [9.17, 15) is 9.59 Å². The normalized spacial score (nSPS) is 13.8. The van der Waals surface area contributed by atoms with Gasteiger partial charge in [0.1, 0.15) is 6.54 Å². The topological polar surface area (TPSA) is 118 Å². The van der Waals surface area contributed by atoms with Crippen LogP contribution in [0.3, 0.4) is 0 Å². The van der Waals surface area contributed by atoms with Crippen LogP contribution in [0.15, 0.2) is 6.20 Å². The zero-order valence-electron chi connectivity index (χ0n) is 13.8. The van der Waals surface area contributed by atoms with Crippen molar-refractivity contribution in [1.29, 1.82) is 0 Å². The summed E-state index contributed by atoms with van der Waals surface area (Å²) in [7, 11) is 0. The molecule has 2 aromatic heterocycles. The second-order valence-electron chi connectivity index (χ2n) is 6.08. The maximum atomic E-state index is 11.9. The predicted octanol–water partition coefficient (Wildman–Crippen LogP) is 0.325. The van der Waals surface area contributed by atoms with Gasteiger partial charge in [-0.3, -0.25) is 14.7 Å². The molecule has 0 unspecified atom stereocenters. The lowest BCUT2D eigenvalue weighted by atomic mass is 10.1. The lowest BCUT2D eigenvalue weighted by Crippen LogP contribution is -2.29. The largest absolute Gasteiger partial charge is 0.354 e. The van der Waals surface area contributed by atoms with E-state index in [0.717, 1.165) is 36.2 Å². The van der Waals surface area contributed by atoms with Gasteiger partial charge < -0.3 is 10.6 Å². The highest BCUT2D eigenvalue weighted by molar-refractivity contribution is 5.93. The number of nitrogens with zero attached hydrogens (tertiary/aromatic N) is 4. The van der Waals surface area contributed by atoms with Gasteiger partial charge in [-0.15, -0.1) is 5.10 Å². The second-order valence-corrected chi connectivity index (χ2v) is 6.08. The van der Waals surface area contributed by atoms with Crippen LogP contribution in [0.25, 0.3) is 0 Å². The third kappa shape index (κ3) is 3.98. The number of hydrogen-bond acceptors (Lipinski definition) is 5. The third-order valence-corrected chi connectivity index (χ3v) is 4.02. The first-order valence-electron chi connectivity index (χ1n) is 8.01. The van der Waals surface area contributed by atoms with Crippen molar-refractivity contribution in [1.82, 2.24) is 30.5 Å². The molecular weight excluding hydrogens is 310 g/mol. The van der Waals surface area contributed by atoms with Crippen LogP contribution in [0.1, 0.15) is 29.8 Å². The van der Waals surface area contributed by atoms with Gasteiger partial charge in [0.15, 0.2) is 5.82 Å². The zero-order valence-corrected chi connectivity index (χ0v) is 13.8. The van der Waals surface area contributed by atoms with Gasteiger partial charge in [-0.2, -0.15) is 5.10 Å². The maximum absolute atomic E-state index is 11.9. The number of anilines is 1. The van der Waals surface area contributed by atoms with E-state index in [4.69, 9.17) is 0 Å². The molecule has 3 N–H and O–H groups in total. The molecule has 1 fully saturated rings. The van der Waals surface area contributed by atoms with Crippen molar-refractivity contribution in [3.63, 3.8) is 0 Å². The van der Waals surface area contributed by atoms with Gasteiger partial charge in [0.25, 0.3) is 0 Å². The van der Waals surface area contributed by atoms with Crippen LogP contribution in [0.2, 0.25) is 0 Å². The molecule has 0 aliphatic heterocycles. The summed E-state index contributed by atoms with van der Waals surface area (Å²) in [4.78, 5) is 23.6. The summed E-state index contributed by atoms with van der Waals surface area (Å²) in [6.07, 6.45) is 4.14. The minimum absolute atomic E-state index is 0.0302. The Morgan fingerprint density at radius 3 is 2.83 bits per heavy atom. The number of rotatable bonds is 7. The molecule has 1 saturated carbocycles. The highest BCUT2D eigenvalue weighted by atomic mass is 16.2. The molecule has 0 radical (unpaired) electrons. The molecule has 0 atom stereocenters. The summed E-state index contributed by atoms with van der Waals surface area (Å²) in [5.41, 5.74) is 3.10. The predicted molar refractivity (Wildman–Crippen MR) is 86.2 cm³/mol. The summed E-state index contributed by atoms with van der Waals surface area (Å²) in [5.74, 6) is 0.300. The molecule has 9 heteroatoms. The van der Waals surface area contributed by atoms with Crippen molar-refractivity contribution >= 4 is 17.6 Å². The Morgan fingerprint density at radius 1 is 1.38 bits per heavy atom. The first-order chi connectivity index (χ1) is 11.5. The Kier molecular flexibility index (Phi) is 4.59. The monoisotopic (exact) mass is 331 g/mol. The first-order valence-corrected chi connectivity index (χ1v) is 8.01. The van der Waals surface area contributed by atoms with Crippen LogP contribution in [0.5, 0.6) is 0 Å². The fraction of sp³-hybridized carbons (Fsp3) is 0.533. The van der Waals surface area contributed by atoms with Crippen molar-refractivity contribution in [3.05, 3.63) is 23.1 Å². The number of nitrogens with one attached hydrogen (secondary N) is 3. The number of aromatic nitrogens is 5. The highest BCUT2D eigenvalue weighted by Gasteiger charge is 2.30. The summed E-state index contributed by atoms with van der Waals surface area (Å²) in [6.45, 7) is 4.49. The van der Waals surface area contributed by atoms with E-state index < -0.39 is 0 Å². The Labute approximate surface area is 139 Å². The molecule has 128 valence electrons. The van der Waals surface area contributed by atoms with Crippen LogP contribution >= 0.6 is 0 Å². The average Bonchev–Trinajstić information content (AvgIpc) is 3.24. The van der Waals surface area contributed by atoms with Gasteiger partial charge in [0.2, 0.25) is 11.8 Å². The smallest absolute Gasteiger partial charge is 0.241 e. The van der Waals surface area contributed by atoms with Gasteiger partial charge in [0.05, 0.1) is 11.9 Å². The number of carbonyl (C=O) groups is 2. The van der Waals surface area contributed by atoms with Crippen molar-refractivity contribution in [3.8, 4) is 0 Å². The Hall–Kier alpha value is -2.71. The van der Waals surface area contributed by atoms with E-state index in [2.05, 4.69) is 31.1 Å². The maximum Gasteiger partial charge on any atom is 0.241 e. The summed E-state index contributed by atoms with van der Waals surface area (Å²) in [5, 5.41) is 20.3. The minimum atomic E-state index is -0.154. The van der Waals surface area contributed by atoms with E-state index in [0.29, 0.717) is 12.4 Å². The summed E-state index contributed by atoms with van der Waals surface area (Å²) < 4.78 is 1.41.